The van der Waals surface area contributed by atoms with Gasteiger partial charge in [0.25, 0.3) is 0 Å². The number of aryl methyl sites for hydroxylation is 1. The number of hydrogen-bond acceptors (Lipinski definition) is 5. The molecular formula is C15H23BN2O3S. The van der Waals surface area contributed by atoms with E-state index in [0.29, 0.717) is 5.75 Å². The van der Waals surface area contributed by atoms with Crippen LogP contribution in [-0.4, -0.2) is 39.0 Å². The van der Waals surface area contributed by atoms with Crippen molar-refractivity contribution in [3.63, 3.8) is 0 Å². The summed E-state index contributed by atoms with van der Waals surface area (Å²) in [5.41, 5.74) is 1.09. The third-order valence-electron chi connectivity index (χ3n) is 4.19. The van der Waals surface area contributed by atoms with E-state index >= 15 is 0 Å². The van der Waals surface area contributed by atoms with Crippen LogP contribution in [0.2, 0.25) is 0 Å². The largest absolute Gasteiger partial charge is 0.491 e. The van der Waals surface area contributed by atoms with E-state index in [1.165, 1.54) is 11.8 Å². The molecule has 0 aromatic carbocycles. The van der Waals surface area contributed by atoms with E-state index in [2.05, 4.69) is 5.10 Å². The molecule has 0 radical (unpaired) electrons. The molecule has 0 N–H and O–H groups in total. The van der Waals surface area contributed by atoms with Crippen molar-refractivity contribution in [1.29, 1.82) is 0 Å². The van der Waals surface area contributed by atoms with Gasteiger partial charge in [-0.15, -0.1) is 0 Å². The first kappa shape index (κ1) is 17.3. The fourth-order valence-electron chi connectivity index (χ4n) is 2.07. The molecule has 0 bridgehead atoms. The molecule has 0 amide bonds. The van der Waals surface area contributed by atoms with Crippen molar-refractivity contribution in [3.8, 4) is 0 Å². The second-order valence-electron chi connectivity index (χ2n) is 6.47. The number of carbonyl (C=O) groups excluding carboxylic acids is 1. The van der Waals surface area contributed by atoms with Gasteiger partial charge in [-0.2, -0.15) is 5.10 Å². The van der Waals surface area contributed by atoms with Crippen LogP contribution in [0.1, 0.15) is 40.3 Å². The third-order valence-corrected chi connectivity index (χ3v) is 5.07. The molecule has 5 nitrogen and oxygen atoms in total. The van der Waals surface area contributed by atoms with Crippen LogP contribution in [0.5, 0.6) is 0 Å². The third kappa shape index (κ3) is 3.64. The molecular weight excluding hydrogens is 299 g/mol. The highest BCUT2D eigenvalue weighted by atomic mass is 32.2. The molecule has 0 saturated carbocycles. The summed E-state index contributed by atoms with van der Waals surface area (Å²) in [6, 6.07) is 1.92. The van der Waals surface area contributed by atoms with Crippen molar-refractivity contribution in [1.82, 2.24) is 9.78 Å². The van der Waals surface area contributed by atoms with E-state index < -0.39 is 18.3 Å². The molecule has 1 aliphatic heterocycles. The molecule has 0 atom stereocenters. The minimum atomic E-state index is -0.452. The smallest absolute Gasteiger partial charge is 0.400 e. The molecule has 1 fully saturated rings. The summed E-state index contributed by atoms with van der Waals surface area (Å²) in [6.07, 6.45) is 3.73. The Balaban J connectivity index is 2.28. The highest BCUT2D eigenvalue weighted by molar-refractivity contribution is 8.13. The second-order valence-corrected chi connectivity index (χ2v) is 7.62. The lowest BCUT2D eigenvalue weighted by molar-refractivity contribution is -0.109. The lowest BCUT2D eigenvalue weighted by atomic mass is 9.78. The summed E-state index contributed by atoms with van der Waals surface area (Å²) >= 11 is 1.26. The second kappa shape index (κ2) is 6.22. The highest BCUT2D eigenvalue weighted by Gasteiger charge is 2.52. The van der Waals surface area contributed by atoms with Crippen LogP contribution in [0, 0.1) is 0 Å². The molecule has 22 heavy (non-hydrogen) atoms. The summed E-state index contributed by atoms with van der Waals surface area (Å²) in [4.78, 5) is 11.3. The Bertz CT molecular complexity index is 579. The number of thioether (sulfide) groups is 1. The fraction of sp³-hybridized carbons (Fsp3) is 0.600. The van der Waals surface area contributed by atoms with Gasteiger partial charge in [-0.3, -0.25) is 9.48 Å². The predicted molar refractivity (Wildman–Crippen MR) is 90.4 cm³/mol. The van der Waals surface area contributed by atoms with Gasteiger partial charge in [-0.05, 0) is 45.3 Å². The predicted octanol–water partition coefficient (Wildman–Crippen LogP) is 2.71. The van der Waals surface area contributed by atoms with E-state index in [9.17, 15) is 4.79 Å². The van der Waals surface area contributed by atoms with E-state index in [4.69, 9.17) is 9.31 Å². The van der Waals surface area contributed by atoms with Crippen LogP contribution in [0.15, 0.2) is 17.7 Å². The average Bonchev–Trinajstić information content (AvgIpc) is 2.86. The number of hydrogen-bond donors (Lipinski definition) is 0. The minimum Gasteiger partial charge on any atom is -0.400 e. The number of aromatic nitrogens is 2. The fourth-order valence-corrected chi connectivity index (χ4v) is 2.66. The Morgan fingerprint density at radius 3 is 2.41 bits per heavy atom. The van der Waals surface area contributed by atoms with Crippen LogP contribution >= 0.6 is 11.8 Å². The molecule has 0 aliphatic carbocycles. The molecule has 120 valence electrons. The number of nitrogens with zero attached hydrogens (tertiary/aromatic N) is 2. The van der Waals surface area contributed by atoms with Gasteiger partial charge in [0.15, 0.2) is 5.12 Å². The minimum absolute atomic E-state index is 0.0763. The summed E-state index contributed by atoms with van der Waals surface area (Å²) in [7, 11) is 1.43. The molecule has 2 rings (SSSR count). The van der Waals surface area contributed by atoms with Gasteiger partial charge in [0, 0.05) is 25.9 Å². The van der Waals surface area contributed by atoms with E-state index in [-0.39, 0.29) is 5.12 Å². The van der Waals surface area contributed by atoms with Crippen molar-refractivity contribution in [2.75, 3.05) is 5.75 Å². The Kier molecular flexibility index (Phi) is 4.89. The lowest BCUT2D eigenvalue weighted by Crippen LogP contribution is -2.41. The maximum atomic E-state index is 11.3. The maximum absolute atomic E-state index is 11.3. The summed E-state index contributed by atoms with van der Waals surface area (Å²) in [5, 5.41) is 4.24. The van der Waals surface area contributed by atoms with Crippen molar-refractivity contribution >= 4 is 30.1 Å². The first-order valence-electron chi connectivity index (χ1n) is 7.30. The lowest BCUT2D eigenvalue weighted by Gasteiger charge is -2.32. The van der Waals surface area contributed by atoms with Crippen molar-refractivity contribution < 1.29 is 14.1 Å². The molecule has 0 spiro atoms. The van der Waals surface area contributed by atoms with Gasteiger partial charge >= 0.3 is 7.12 Å². The van der Waals surface area contributed by atoms with Gasteiger partial charge in [0.2, 0.25) is 0 Å². The zero-order chi connectivity index (χ0) is 16.5. The zero-order valence-electron chi connectivity index (χ0n) is 14.0. The Labute approximate surface area is 136 Å². The Hall–Kier alpha value is -1.05. The topological polar surface area (TPSA) is 53.4 Å². The van der Waals surface area contributed by atoms with Crippen LogP contribution in [-0.2, 0) is 21.2 Å². The molecule has 1 aromatic rings. The number of carbonyl (C=O) groups is 1. The normalized spacial score (nSPS) is 20.5. The van der Waals surface area contributed by atoms with Gasteiger partial charge in [0.1, 0.15) is 0 Å². The van der Waals surface area contributed by atoms with Gasteiger partial charge in [-0.25, -0.2) is 0 Å². The summed E-state index contributed by atoms with van der Waals surface area (Å²) in [6.45, 7) is 9.65. The van der Waals surface area contributed by atoms with E-state index in [1.54, 1.807) is 17.8 Å². The average molecular weight is 322 g/mol. The van der Waals surface area contributed by atoms with Crippen LogP contribution in [0.4, 0.5) is 0 Å². The van der Waals surface area contributed by atoms with Crippen LogP contribution in [0.3, 0.4) is 0 Å². The quantitative estimate of drug-likeness (QED) is 0.798. The number of rotatable bonds is 4. The molecule has 0 unspecified atom stereocenters. The monoisotopic (exact) mass is 322 g/mol. The summed E-state index contributed by atoms with van der Waals surface area (Å²) < 4.78 is 14.0. The van der Waals surface area contributed by atoms with Crippen LogP contribution in [0.25, 0.3) is 6.08 Å². The summed E-state index contributed by atoms with van der Waals surface area (Å²) in [5.74, 6) is 0.539. The van der Waals surface area contributed by atoms with Gasteiger partial charge < -0.3 is 9.31 Å². The SMILES string of the molecule is CC(=O)SCC(=Cc1ccnn1C)B1OC(C)(C)C(C)(C)O1. The van der Waals surface area contributed by atoms with Crippen molar-refractivity contribution in [2.24, 2.45) is 7.05 Å². The maximum Gasteiger partial charge on any atom is 0.491 e. The van der Waals surface area contributed by atoms with Gasteiger partial charge in [0.05, 0.1) is 16.9 Å². The molecule has 1 aliphatic rings. The highest BCUT2D eigenvalue weighted by Crippen LogP contribution is 2.39. The first-order chi connectivity index (χ1) is 10.1. The Morgan fingerprint density at radius 1 is 1.36 bits per heavy atom. The van der Waals surface area contributed by atoms with Gasteiger partial charge in [-0.1, -0.05) is 11.8 Å². The Morgan fingerprint density at radius 2 is 1.95 bits per heavy atom. The van der Waals surface area contributed by atoms with E-state index in [0.717, 1.165) is 11.2 Å². The molecule has 1 aromatic heterocycles. The van der Waals surface area contributed by atoms with E-state index in [1.807, 2.05) is 46.9 Å². The van der Waals surface area contributed by atoms with Crippen molar-refractivity contribution in [2.45, 2.75) is 45.8 Å². The standard InChI is InChI=1S/C15H23BN2O3S/c1-11(19)22-10-12(9-13-7-8-17-18(13)6)16-20-14(2,3)15(4,5)21-16/h7-9H,10H2,1-6H3. The molecule has 7 heteroatoms. The van der Waals surface area contributed by atoms with Crippen molar-refractivity contribution in [3.05, 3.63) is 23.4 Å². The molecule has 1 saturated heterocycles. The zero-order valence-corrected chi connectivity index (χ0v) is 14.9. The molecule has 2 heterocycles. The van der Waals surface area contributed by atoms with Crippen LogP contribution < -0.4 is 0 Å². The first-order valence-corrected chi connectivity index (χ1v) is 8.28.